The van der Waals surface area contributed by atoms with Crippen LogP contribution < -0.4 is 14.8 Å². The first kappa shape index (κ1) is 26.8. The molecule has 0 aliphatic carbocycles. The van der Waals surface area contributed by atoms with Crippen molar-refractivity contribution in [3.8, 4) is 22.1 Å². The molecule has 1 aromatic heterocycles. The van der Waals surface area contributed by atoms with Gasteiger partial charge in [-0.1, -0.05) is 41.4 Å². The number of amides is 1. The zero-order chi connectivity index (χ0) is 27.4. The summed E-state index contributed by atoms with van der Waals surface area (Å²) in [6.45, 7) is 2.27. The monoisotopic (exact) mass is 574 g/mol. The summed E-state index contributed by atoms with van der Waals surface area (Å²) in [6, 6.07) is 24.6. The van der Waals surface area contributed by atoms with E-state index in [1.807, 2.05) is 36.4 Å². The molecule has 8 heteroatoms. The van der Waals surface area contributed by atoms with E-state index in [9.17, 15) is 4.79 Å². The van der Waals surface area contributed by atoms with Gasteiger partial charge < -0.3 is 14.8 Å². The van der Waals surface area contributed by atoms with Crippen LogP contribution in [0.1, 0.15) is 16.7 Å². The Labute approximate surface area is 240 Å². The number of fused-ring (bicyclic) bond motifs is 1. The summed E-state index contributed by atoms with van der Waals surface area (Å²) in [5.41, 5.74) is 5.39. The number of thiazole rings is 1. The number of aryl methyl sites for hydroxylation is 1. The van der Waals surface area contributed by atoms with Crippen LogP contribution in [-0.4, -0.2) is 18.0 Å². The van der Waals surface area contributed by atoms with Gasteiger partial charge >= 0.3 is 0 Å². The molecule has 1 heterocycles. The first-order chi connectivity index (χ1) is 18.9. The maximum Gasteiger partial charge on any atom is 0.248 e. The van der Waals surface area contributed by atoms with Crippen LogP contribution in [0.5, 0.6) is 11.5 Å². The third kappa shape index (κ3) is 6.42. The predicted octanol–water partition coefficient (Wildman–Crippen LogP) is 8.82. The predicted molar refractivity (Wildman–Crippen MR) is 161 cm³/mol. The Morgan fingerprint density at radius 1 is 0.974 bits per heavy atom. The fourth-order valence-corrected chi connectivity index (χ4v) is 5.51. The summed E-state index contributed by atoms with van der Waals surface area (Å²) >= 11 is 14.1. The van der Waals surface area contributed by atoms with Crippen molar-refractivity contribution in [3.05, 3.63) is 112 Å². The average Bonchev–Trinajstić information content (AvgIpc) is 3.35. The molecule has 0 atom stereocenters. The molecule has 0 spiro atoms. The molecule has 4 aromatic carbocycles. The lowest BCUT2D eigenvalue weighted by Gasteiger charge is -2.13. The summed E-state index contributed by atoms with van der Waals surface area (Å²) in [4.78, 5) is 17.3. The van der Waals surface area contributed by atoms with E-state index in [2.05, 4.69) is 24.4 Å². The van der Waals surface area contributed by atoms with Crippen molar-refractivity contribution in [1.29, 1.82) is 0 Å². The summed E-state index contributed by atoms with van der Waals surface area (Å²) < 4.78 is 12.5. The number of carbonyl (C=O) groups excluding carboxylic acids is 1. The molecule has 5 aromatic rings. The zero-order valence-corrected chi connectivity index (χ0v) is 23.5. The van der Waals surface area contributed by atoms with Gasteiger partial charge in [-0.3, -0.25) is 4.79 Å². The standard InChI is InChI=1S/C31H24Cl2N2O3S/c1-19-6-13-26-29(16-19)39-31(35-26)21-9-11-22(12-10-21)34-30(36)15-8-20-7-14-27(28(17-20)37-2)38-18-23-24(32)4-3-5-25(23)33/h3-17H,18H2,1-2H3,(H,34,36)/b15-8+. The Morgan fingerprint density at radius 2 is 1.74 bits per heavy atom. The van der Waals surface area contributed by atoms with Gasteiger partial charge in [0.05, 0.1) is 17.3 Å². The van der Waals surface area contributed by atoms with Crippen LogP contribution in [0.15, 0.2) is 84.9 Å². The summed E-state index contributed by atoms with van der Waals surface area (Å²) in [6.07, 6.45) is 3.19. The molecule has 0 bridgehead atoms. The van der Waals surface area contributed by atoms with Gasteiger partial charge in [0.25, 0.3) is 0 Å². The van der Waals surface area contributed by atoms with Crippen LogP contribution in [0.2, 0.25) is 10.0 Å². The highest BCUT2D eigenvalue weighted by Crippen LogP contribution is 2.33. The van der Waals surface area contributed by atoms with Crippen LogP contribution in [0, 0.1) is 6.92 Å². The van der Waals surface area contributed by atoms with Gasteiger partial charge in [0.1, 0.15) is 11.6 Å². The Kier molecular flexibility index (Phi) is 8.17. The molecular weight excluding hydrogens is 551 g/mol. The first-order valence-corrected chi connectivity index (χ1v) is 13.7. The molecule has 0 saturated carbocycles. The van der Waals surface area contributed by atoms with Crippen molar-refractivity contribution in [3.63, 3.8) is 0 Å². The number of halogens is 2. The molecule has 0 unspecified atom stereocenters. The molecule has 39 heavy (non-hydrogen) atoms. The third-order valence-corrected chi connectivity index (χ3v) is 7.77. The van der Waals surface area contributed by atoms with Gasteiger partial charge in [-0.05, 0) is 84.8 Å². The van der Waals surface area contributed by atoms with Crippen LogP contribution >= 0.6 is 34.5 Å². The number of methoxy groups -OCH3 is 1. The Bertz CT molecular complexity index is 1660. The van der Waals surface area contributed by atoms with Crippen molar-refractivity contribution in [2.45, 2.75) is 13.5 Å². The van der Waals surface area contributed by atoms with E-state index in [1.165, 1.54) is 11.6 Å². The minimum atomic E-state index is -0.245. The Balaban J connectivity index is 1.21. The van der Waals surface area contributed by atoms with E-state index in [1.54, 1.807) is 54.9 Å². The fourth-order valence-electron chi connectivity index (χ4n) is 3.93. The number of anilines is 1. The smallest absolute Gasteiger partial charge is 0.248 e. The Morgan fingerprint density at radius 3 is 2.49 bits per heavy atom. The Hall–Kier alpha value is -3.84. The number of nitrogens with one attached hydrogen (secondary N) is 1. The molecule has 0 aliphatic heterocycles. The van der Waals surface area contributed by atoms with Crippen molar-refractivity contribution >= 4 is 62.4 Å². The lowest BCUT2D eigenvalue weighted by atomic mass is 10.1. The molecule has 0 aliphatic rings. The number of ether oxygens (including phenoxy) is 2. The van der Waals surface area contributed by atoms with Crippen LogP contribution in [-0.2, 0) is 11.4 Å². The number of nitrogens with zero attached hydrogens (tertiary/aromatic N) is 1. The van der Waals surface area contributed by atoms with Gasteiger partial charge in [-0.25, -0.2) is 4.98 Å². The normalized spacial score (nSPS) is 11.2. The largest absolute Gasteiger partial charge is 0.493 e. The molecule has 0 fully saturated rings. The second-order valence-corrected chi connectivity index (χ2v) is 10.6. The topological polar surface area (TPSA) is 60.5 Å². The van der Waals surface area contributed by atoms with Crippen LogP contribution in [0.25, 0.3) is 26.9 Å². The highest BCUT2D eigenvalue weighted by Gasteiger charge is 2.10. The van der Waals surface area contributed by atoms with Gasteiger partial charge in [-0.2, -0.15) is 0 Å². The number of carbonyl (C=O) groups is 1. The lowest BCUT2D eigenvalue weighted by molar-refractivity contribution is -0.111. The molecule has 0 radical (unpaired) electrons. The molecule has 1 N–H and O–H groups in total. The number of hydrogen-bond donors (Lipinski definition) is 1. The molecule has 196 valence electrons. The minimum absolute atomic E-state index is 0.198. The number of hydrogen-bond acceptors (Lipinski definition) is 5. The lowest BCUT2D eigenvalue weighted by Crippen LogP contribution is -2.07. The SMILES string of the molecule is COc1cc(/C=C/C(=O)Nc2ccc(-c3nc4ccc(C)cc4s3)cc2)ccc1OCc1c(Cl)cccc1Cl. The molecule has 0 saturated heterocycles. The number of benzene rings is 4. The average molecular weight is 576 g/mol. The molecule has 5 nitrogen and oxygen atoms in total. The van der Waals surface area contributed by atoms with E-state index in [0.717, 1.165) is 26.4 Å². The van der Waals surface area contributed by atoms with Crippen molar-refractivity contribution in [2.75, 3.05) is 12.4 Å². The number of aromatic nitrogens is 1. The summed E-state index contributed by atoms with van der Waals surface area (Å²) in [5, 5.41) is 4.91. The minimum Gasteiger partial charge on any atom is -0.493 e. The molecular formula is C31H24Cl2N2O3S. The van der Waals surface area contributed by atoms with Gasteiger partial charge in [0, 0.05) is 32.9 Å². The van der Waals surface area contributed by atoms with E-state index in [0.29, 0.717) is 32.8 Å². The van der Waals surface area contributed by atoms with E-state index >= 15 is 0 Å². The summed E-state index contributed by atoms with van der Waals surface area (Å²) in [7, 11) is 1.56. The van der Waals surface area contributed by atoms with Crippen molar-refractivity contribution < 1.29 is 14.3 Å². The zero-order valence-electron chi connectivity index (χ0n) is 21.2. The third-order valence-electron chi connectivity index (χ3n) is 5.99. The highest BCUT2D eigenvalue weighted by atomic mass is 35.5. The van der Waals surface area contributed by atoms with Gasteiger partial charge in [0.2, 0.25) is 5.91 Å². The van der Waals surface area contributed by atoms with E-state index in [4.69, 9.17) is 37.7 Å². The highest BCUT2D eigenvalue weighted by molar-refractivity contribution is 7.21. The quantitative estimate of drug-likeness (QED) is 0.188. The second-order valence-electron chi connectivity index (χ2n) is 8.79. The second kappa shape index (κ2) is 11.9. The maximum atomic E-state index is 12.5. The van der Waals surface area contributed by atoms with Crippen LogP contribution in [0.3, 0.4) is 0 Å². The fraction of sp³-hybridized carbons (Fsp3) is 0.0968. The summed E-state index contributed by atoms with van der Waals surface area (Å²) in [5.74, 6) is 0.825. The number of rotatable bonds is 8. The van der Waals surface area contributed by atoms with E-state index < -0.39 is 0 Å². The maximum absolute atomic E-state index is 12.5. The van der Waals surface area contributed by atoms with E-state index in [-0.39, 0.29) is 12.5 Å². The molecule has 5 rings (SSSR count). The molecule has 1 amide bonds. The van der Waals surface area contributed by atoms with Crippen LogP contribution in [0.4, 0.5) is 5.69 Å². The van der Waals surface area contributed by atoms with Gasteiger partial charge in [-0.15, -0.1) is 11.3 Å². The van der Waals surface area contributed by atoms with Gasteiger partial charge in [0.15, 0.2) is 11.5 Å². The first-order valence-electron chi connectivity index (χ1n) is 12.1. The van der Waals surface area contributed by atoms with Crippen molar-refractivity contribution in [2.24, 2.45) is 0 Å². The van der Waals surface area contributed by atoms with Crippen molar-refractivity contribution in [1.82, 2.24) is 4.98 Å².